The average molecular weight is 353 g/mol. The van der Waals surface area contributed by atoms with Gasteiger partial charge in [0.2, 0.25) is 0 Å². The normalized spacial score (nSPS) is 11.9. The zero-order valence-electron chi connectivity index (χ0n) is 10.1. The lowest BCUT2D eigenvalue weighted by Gasteiger charge is -2.15. The maximum absolute atomic E-state index is 12.3. The van der Waals surface area contributed by atoms with Crippen LogP contribution in [0.25, 0.3) is 0 Å². The fourth-order valence-corrected chi connectivity index (χ4v) is 5.15. The third-order valence-electron chi connectivity index (χ3n) is 2.39. The summed E-state index contributed by atoms with van der Waals surface area (Å²) in [5.41, 5.74) is 0.748. The summed E-state index contributed by atoms with van der Waals surface area (Å²) in [5.74, 6) is -1.36. The number of thiazole rings is 1. The Morgan fingerprint density at radius 3 is 2.75 bits per heavy atom. The number of carbonyl (C=O) groups is 1. The van der Waals surface area contributed by atoms with E-state index in [4.69, 9.17) is 16.7 Å². The van der Waals surface area contributed by atoms with E-state index >= 15 is 0 Å². The number of carboxylic acid groups (broad SMARTS) is 1. The molecule has 2 rings (SSSR count). The van der Waals surface area contributed by atoms with E-state index in [0.29, 0.717) is 4.34 Å². The number of rotatable bonds is 5. The maximum Gasteiger partial charge on any atom is 0.356 e. The largest absolute Gasteiger partial charge is 0.476 e. The monoisotopic (exact) mass is 352 g/mol. The van der Waals surface area contributed by atoms with Crippen LogP contribution in [-0.2, 0) is 16.6 Å². The molecular weight excluding hydrogens is 344 g/mol. The first-order valence-corrected chi connectivity index (χ1v) is 8.71. The van der Waals surface area contributed by atoms with Crippen molar-refractivity contribution in [3.63, 3.8) is 0 Å². The number of thiophene rings is 1. The van der Waals surface area contributed by atoms with Crippen LogP contribution in [0.3, 0.4) is 0 Å². The van der Waals surface area contributed by atoms with Gasteiger partial charge >= 0.3 is 5.97 Å². The van der Waals surface area contributed by atoms with Gasteiger partial charge in [0.1, 0.15) is 0 Å². The Hall–Kier alpha value is -1.00. The molecule has 0 aliphatic rings. The standard InChI is InChI=1S/C10H9ClN2O4S3/c1-13(4-6-2-3-7(11)19-6)20(16,17)10-8(9(14)15)12-5-18-10/h2-3,5H,4H2,1H3,(H,14,15). The van der Waals surface area contributed by atoms with Crippen LogP contribution < -0.4 is 0 Å². The van der Waals surface area contributed by atoms with Crippen molar-refractivity contribution in [2.45, 2.75) is 10.8 Å². The third-order valence-corrected chi connectivity index (χ3v) is 6.76. The molecule has 0 saturated heterocycles. The summed E-state index contributed by atoms with van der Waals surface area (Å²) in [5, 5.41) is 8.94. The zero-order chi connectivity index (χ0) is 14.9. The Labute approximate surface area is 128 Å². The lowest BCUT2D eigenvalue weighted by Crippen LogP contribution is -2.26. The minimum absolute atomic E-state index is 0.122. The Morgan fingerprint density at radius 1 is 1.50 bits per heavy atom. The van der Waals surface area contributed by atoms with Gasteiger partial charge in [-0.15, -0.1) is 22.7 Å². The molecule has 2 aromatic rings. The van der Waals surface area contributed by atoms with Gasteiger partial charge in [-0.2, -0.15) is 4.31 Å². The summed E-state index contributed by atoms with van der Waals surface area (Å²) in [6.45, 7) is 0.122. The Morgan fingerprint density at radius 2 is 2.20 bits per heavy atom. The van der Waals surface area contributed by atoms with Gasteiger partial charge < -0.3 is 5.11 Å². The van der Waals surface area contributed by atoms with Gasteiger partial charge in [0, 0.05) is 18.5 Å². The second kappa shape index (κ2) is 5.78. The second-order valence-electron chi connectivity index (χ2n) is 3.76. The highest BCUT2D eigenvalue weighted by molar-refractivity contribution is 7.91. The maximum atomic E-state index is 12.3. The van der Waals surface area contributed by atoms with Gasteiger partial charge in [0.25, 0.3) is 10.0 Å². The summed E-state index contributed by atoms with van der Waals surface area (Å²) in [6.07, 6.45) is 0. The predicted molar refractivity (Wildman–Crippen MR) is 77.1 cm³/mol. The number of hydrogen-bond donors (Lipinski definition) is 1. The summed E-state index contributed by atoms with van der Waals surface area (Å²) in [4.78, 5) is 15.3. The molecule has 0 aliphatic heterocycles. The number of aromatic nitrogens is 1. The molecule has 20 heavy (non-hydrogen) atoms. The fraction of sp³-hybridized carbons (Fsp3) is 0.200. The van der Waals surface area contributed by atoms with Crippen LogP contribution >= 0.6 is 34.3 Å². The van der Waals surface area contributed by atoms with Crippen molar-refractivity contribution < 1.29 is 18.3 Å². The predicted octanol–water partition coefficient (Wildman–Crippen LogP) is 2.38. The van der Waals surface area contributed by atoms with Gasteiger partial charge in [-0.25, -0.2) is 18.2 Å². The highest BCUT2D eigenvalue weighted by atomic mass is 35.5. The quantitative estimate of drug-likeness (QED) is 0.892. The number of hydrogen-bond acceptors (Lipinski definition) is 6. The SMILES string of the molecule is CN(Cc1ccc(Cl)s1)S(=O)(=O)c1scnc1C(=O)O. The Kier molecular flexibility index (Phi) is 4.45. The van der Waals surface area contributed by atoms with E-state index < -0.39 is 21.7 Å². The van der Waals surface area contributed by atoms with Gasteiger partial charge in [-0.3, -0.25) is 0 Å². The van der Waals surface area contributed by atoms with Gasteiger partial charge in [0.05, 0.1) is 9.85 Å². The van der Waals surface area contributed by atoms with E-state index in [1.165, 1.54) is 23.9 Å². The molecular formula is C10H9ClN2O4S3. The van der Waals surface area contributed by atoms with Crippen molar-refractivity contribution in [1.82, 2.24) is 9.29 Å². The lowest BCUT2D eigenvalue weighted by molar-refractivity contribution is 0.0687. The minimum atomic E-state index is -3.89. The molecule has 0 radical (unpaired) electrons. The van der Waals surface area contributed by atoms with Crippen molar-refractivity contribution in [3.8, 4) is 0 Å². The molecule has 0 aromatic carbocycles. The van der Waals surface area contributed by atoms with Crippen LogP contribution in [0.4, 0.5) is 0 Å². The fourth-order valence-electron chi connectivity index (χ4n) is 1.44. The first-order valence-electron chi connectivity index (χ1n) is 5.19. The summed E-state index contributed by atoms with van der Waals surface area (Å²) >= 11 is 7.84. The highest BCUT2D eigenvalue weighted by Gasteiger charge is 2.29. The van der Waals surface area contributed by atoms with Gasteiger partial charge in [0.15, 0.2) is 9.90 Å². The van der Waals surface area contributed by atoms with Crippen LogP contribution in [0.1, 0.15) is 15.4 Å². The van der Waals surface area contributed by atoms with Crippen LogP contribution in [-0.4, -0.2) is 35.8 Å². The van der Waals surface area contributed by atoms with Crippen LogP contribution in [0.15, 0.2) is 21.9 Å². The summed E-state index contributed by atoms with van der Waals surface area (Å²) < 4.78 is 26.0. The van der Waals surface area contributed by atoms with E-state index in [0.717, 1.165) is 20.5 Å². The summed E-state index contributed by atoms with van der Waals surface area (Å²) in [6, 6.07) is 3.40. The molecule has 0 spiro atoms. The topological polar surface area (TPSA) is 87.6 Å². The van der Waals surface area contributed by atoms with Crippen molar-refractivity contribution in [1.29, 1.82) is 0 Å². The van der Waals surface area contributed by atoms with Gasteiger partial charge in [-0.1, -0.05) is 11.6 Å². The molecule has 108 valence electrons. The minimum Gasteiger partial charge on any atom is -0.476 e. The smallest absolute Gasteiger partial charge is 0.356 e. The number of sulfonamides is 1. The van der Waals surface area contributed by atoms with Crippen molar-refractivity contribution in [3.05, 3.63) is 32.6 Å². The third kappa shape index (κ3) is 3.01. The van der Waals surface area contributed by atoms with Crippen LogP contribution in [0, 0.1) is 0 Å². The van der Waals surface area contributed by atoms with Crippen LogP contribution in [0.2, 0.25) is 4.34 Å². The molecule has 0 aliphatic carbocycles. The van der Waals surface area contributed by atoms with Crippen LogP contribution in [0.5, 0.6) is 0 Å². The number of carboxylic acids is 1. The van der Waals surface area contributed by atoms with Gasteiger partial charge in [-0.05, 0) is 12.1 Å². The second-order valence-corrected chi connectivity index (χ2v) is 8.66. The van der Waals surface area contributed by atoms with E-state index in [1.54, 1.807) is 12.1 Å². The Bertz CT molecular complexity index is 737. The van der Waals surface area contributed by atoms with E-state index in [-0.39, 0.29) is 10.8 Å². The molecule has 2 heterocycles. The molecule has 2 aromatic heterocycles. The first-order chi connectivity index (χ1) is 9.32. The molecule has 0 amide bonds. The molecule has 0 fully saturated rings. The molecule has 10 heteroatoms. The van der Waals surface area contributed by atoms with E-state index in [9.17, 15) is 13.2 Å². The number of halogens is 1. The highest BCUT2D eigenvalue weighted by Crippen LogP contribution is 2.27. The Balaban J connectivity index is 2.30. The van der Waals surface area contributed by atoms with E-state index in [1.807, 2.05) is 0 Å². The average Bonchev–Trinajstić information content (AvgIpc) is 2.98. The van der Waals surface area contributed by atoms with Crippen molar-refractivity contribution in [2.24, 2.45) is 0 Å². The molecule has 0 saturated carbocycles. The molecule has 6 nitrogen and oxygen atoms in total. The lowest BCUT2D eigenvalue weighted by atomic mass is 10.5. The van der Waals surface area contributed by atoms with Crippen molar-refractivity contribution >= 4 is 50.3 Å². The molecule has 0 atom stereocenters. The zero-order valence-corrected chi connectivity index (χ0v) is 13.3. The molecule has 0 bridgehead atoms. The summed E-state index contributed by atoms with van der Waals surface area (Å²) in [7, 11) is -2.50. The van der Waals surface area contributed by atoms with Crippen molar-refractivity contribution in [2.75, 3.05) is 7.05 Å². The number of aromatic carboxylic acids is 1. The number of nitrogens with zero attached hydrogens (tertiary/aromatic N) is 2. The molecule has 0 unspecified atom stereocenters. The van der Waals surface area contributed by atoms with E-state index in [2.05, 4.69) is 4.98 Å². The molecule has 1 N–H and O–H groups in total. The first kappa shape index (κ1) is 15.4.